The Bertz CT molecular complexity index is 189. The van der Waals surface area contributed by atoms with Crippen molar-refractivity contribution >= 4 is 11.8 Å². The molecule has 0 aromatic rings. The Morgan fingerprint density at radius 1 is 1.47 bits per heavy atom. The van der Waals surface area contributed by atoms with Gasteiger partial charge in [-0.05, 0) is 25.3 Å². The van der Waals surface area contributed by atoms with Crippen LogP contribution in [0.5, 0.6) is 0 Å². The monoisotopic (exact) mass is 230 g/mol. The van der Waals surface area contributed by atoms with Gasteiger partial charge >= 0.3 is 0 Å². The van der Waals surface area contributed by atoms with Gasteiger partial charge in [-0.3, -0.25) is 0 Å². The lowest BCUT2D eigenvalue weighted by Crippen LogP contribution is -2.50. The first kappa shape index (κ1) is 13.3. The molecule has 0 bridgehead atoms. The van der Waals surface area contributed by atoms with Gasteiger partial charge in [0.1, 0.15) is 0 Å². The lowest BCUT2D eigenvalue weighted by molar-refractivity contribution is 0.216. The molecule has 0 amide bonds. The van der Waals surface area contributed by atoms with Crippen LogP contribution in [0.15, 0.2) is 0 Å². The average molecular weight is 230 g/mol. The van der Waals surface area contributed by atoms with E-state index in [2.05, 4.69) is 32.7 Å². The van der Waals surface area contributed by atoms with Crippen molar-refractivity contribution < 1.29 is 0 Å². The number of hydrogen-bond donors (Lipinski definition) is 1. The van der Waals surface area contributed by atoms with Crippen LogP contribution in [0, 0.1) is 5.41 Å². The fourth-order valence-corrected chi connectivity index (χ4v) is 3.28. The molecular weight excluding hydrogens is 204 g/mol. The van der Waals surface area contributed by atoms with Crippen LogP contribution in [0.25, 0.3) is 0 Å². The Kier molecular flexibility index (Phi) is 4.94. The van der Waals surface area contributed by atoms with E-state index in [0.29, 0.717) is 17.5 Å². The molecule has 1 aliphatic heterocycles. The standard InChI is InChI=1S/C12H26N2S/c1-12(2,3)6-5-10(13)11-9-15-8-7-14(11)4/h10-11H,5-9,13H2,1-4H3. The average Bonchev–Trinajstić information content (AvgIpc) is 2.14. The molecule has 2 nitrogen and oxygen atoms in total. The van der Waals surface area contributed by atoms with Crippen LogP contribution in [-0.4, -0.2) is 42.1 Å². The van der Waals surface area contributed by atoms with Crippen LogP contribution >= 0.6 is 11.8 Å². The van der Waals surface area contributed by atoms with Gasteiger partial charge in [0, 0.05) is 30.1 Å². The first-order valence-corrected chi connectivity index (χ1v) is 7.09. The topological polar surface area (TPSA) is 29.3 Å². The summed E-state index contributed by atoms with van der Waals surface area (Å²) in [6.07, 6.45) is 2.38. The lowest BCUT2D eigenvalue weighted by atomic mass is 9.87. The predicted molar refractivity (Wildman–Crippen MR) is 70.4 cm³/mol. The summed E-state index contributed by atoms with van der Waals surface area (Å²) in [5.74, 6) is 2.47. The molecule has 2 unspecified atom stereocenters. The number of thioether (sulfide) groups is 1. The zero-order chi connectivity index (χ0) is 11.5. The molecule has 0 spiro atoms. The lowest BCUT2D eigenvalue weighted by Gasteiger charge is -2.37. The number of nitrogens with two attached hydrogens (primary N) is 1. The number of rotatable bonds is 3. The van der Waals surface area contributed by atoms with E-state index in [1.165, 1.54) is 24.5 Å². The Balaban J connectivity index is 2.35. The van der Waals surface area contributed by atoms with Gasteiger partial charge in [0.05, 0.1) is 0 Å². The van der Waals surface area contributed by atoms with E-state index in [4.69, 9.17) is 5.73 Å². The minimum Gasteiger partial charge on any atom is -0.326 e. The van der Waals surface area contributed by atoms with Crippen molar-refractivity contribution in [1.29, 1.82) is 0 Å². The zero-order valence-electron chi connectivity index (χ0n) is 10.6. The van der Waals surface area contributed by atoms with E-state index in [0.717, 1.165) is 6.42 Å². The van der Waals surface area contributed by atoms with E-state index < -0.39 is 0 Å². The summed E-state index contributed by atoms with van der Waals surface area (Å²) < 4.78 is 0. The van der Waals surface area contributed by atoms with Crippen molar-refractivity contribution in [3.63, 3.8) is 0 Å². The maximum Gasteiger partial charge on any atom is 0.0335 e. The van der Waals surface area contributed by atoms with Gasteiger partial charge in [0.15, 0.2) is 0 Å². The molecule has 0 aliphatic carbocycles. The molecule has 90 valence electrons. The maximum atomic E-state index is 6.29. The van der Waals surface area contributed by atoms with Gasteiger partial charge in [-0.15, -0.1) is 0 Å². The Morgan fingerprint density at radius 2 is 2.13 bits per heavy atom. The SMILES string of the molecule is CN1CCSCC1C(N)CCC(C)(C)C. The molecule has 2 atom stereocenters. The second-order valence-corrected chi connectivity index (χ2v) is 7.04. The van der Waals surface area contributed by atoms with Crippen LogP contribution in [0.3, 0.4) is 0 Å². The minimum atomic E-state index is 0.349. The van der Waals surface area contributed by atoms with Crippen molar-refractivity contribution in [2.24, 2.45) is 11.1 Å². The van der Waals surface area contributed by atoms with Crippen LogP contribution in [0.2, 0.25) is 0 Å². The maximum absolute atomic E-state index is 6.29. The second-order valence-electron chi connectivity index (χ2n) is 5.89. The fraction of sp³-hybridized carbons (Fsp3) is 1.00. The normalized spacial score (nSPS) is 26.6. The Hall–Kier alpha value is 0.270. The fourth-order valence-electron chi connectivity index (χ4n) is 1.95. The highest BCUT2D eigenvalue weighted by Gasteiger charge is 2.26. The number of hydrogen-bond acceptors (Lipinski definition) is 3. The molecule has 0 aromatic carbocycles. The molecule has 1 rings (SSSR count). The molecule has 1 fully saturated rings. The molecule has 0 aromatic heterocycles. The van der Waals surface area contributed by atoms with E-state index in [9.17, 15) is 0 Å². The third-order valence-electron chi connectivity index (χ3n) is 3.16. The van der Waals surface area contributed by atoms with Crippen molar-refractivity contribution in [3.8, 4) is 0 Å². The van der Waals surface area contributed by atoms with Gasteiger partial charge < -0.3 is 10.6 Å². The van der Waals surface area contributed by atoms with Crippen LogP contribution in [0.1, 0.15) is 33.6 Å². The van der Waals surface area contributed by atoms with Crippen molar-refractivity contribution in [3.05, 3.63) is 0 Å². The summed E-state index contributed by atoms with van der Waals surface area (Å²) >= 11 is 2.05. The summed E-state index contributed by atoms with van der Waals surface area (Å²) in [5.41, 5.74) is 6.71. The van der Waals surface area contributed by atoms with Crippen molar-refractivity contribution in [1.82, 2.24) is 4.90 Å². The highest BCUT2D eigenvalue weighted by atomic mass is 32.2. The second kappa shape index (κ2) is 5.55. The molecule has 2 N–H and O–H groups in total. The third-order valence-corrected chi connectivity index (χ3v) is 4.21. The van der Waals surface area contributed by atoms with Crippen molar-refractivity contribution in [2.75, 3.05) is 25.1 Å². The van der Waals surface area contributed by atoms with Crippen molar-refractivity contribution in [2.45, 2.75) is 45.7 Å². The van der Waals surface area contributed by atoms with E-state index in [1.807, 2.05) is 11.8 Å². The highest BCUT2D eigenvalue weighted by molar-refractivity contribution is 7.99. The van der Waals surface area contributed by atoms with E-state index in [1.54, 1.807) is 0 Å². The summed E-state index contributed by atoms with van der Waals surface area (Å²) in [4.78, 5) is 2.43. The Labute approximate surface area is 99.0 Å². The first-order valence-electron chi connectivity index (χ1n) is 5.94. The molecule has 1 heterocycles. The van der Waals surface area contributed by atoms with Gasteiger partial charge in [-0.1, -0.05) is 20.8 Å². The predicted octanol–water partition coefficient (Wildman–Crippen LogP) is 2.19. The number of nitrogens with zero attached hydrogens (tertiary/aromatic N) is 1. The largest absolute Gasteiger partial charge is 0.326 e. The number of likely N-dealkylation sites (N-methyl/N-ethyl adjacent to an activating group) is 1. The third kappa shape index (κ3) is 4.75. The molecular formula is C12H26N2S. The summed E-state index contributed by atoms with van der Waals surface area (Å²) in [6, 6.07) is 0.938. The van der Waals surface area contributed by atoms with Crippen LogP contribution in [-0.2, 0) is 0 Å². The minimum absolute atomic E-state index is 0.349. The molecule has 1 saturated heterocycles. The van der Waals surface area contributed by atoms with Crippen LogP contribution in [0.4, 0.5) is 0 Å². The van der Waals surface area contributed by atoms with E-state index >= 15 is 0 Å². The molecule has 15 heavy (non-hydrogen) atoms. The smallest absolute Gasteiger partial charge is 0.0335 e. The zero-order valence-corrected chi connectivity index (χ0v) is 11.4. The van der Waals surface area contributed by atoms with Gasteiger partial charge in [-0.25, -0.2) is 0 Å². The Morgan fingerprint density at radius 3 is 2.67 bits per heavy atom. The molecule has 0 saturated carbocycles. The quantitative estimate of drug-likeness (QED) is 0.806. The summed E-state index contributed by atoms with van der Waals surface area (Å²) in [6.45, 7) is 8.07. The van der Waals surface area contributed by atoms with Crippen LogP contribution < -0.4 is 5.73 Å². The van der Waals surface area contributed by atoms with Gasteiger partial charge in [0.25, 0.3) is 0 Å². The molecule has 1 aliphatic rings. The van der Waals surface area contributed by atoms with Gasteiger partial charge in [0.2, 0.25) is 0 Å². The molecule has 0 radical (unpaired) electrons. The molecule has 3 heteroatoms. The first-order chi connectivity index (χ1) is 6.90. The van der Waals surface area contributed by atoms with E-state index in [-0.39, 0.29) is 0 Å². The highest BCUT2D eigenvalue weighted by Crippen LogP contribution is 2.24. The summed E-state index contributed by atoms with van der Waals surface area (Å²) in [7, 11) is 2.21. The summed E-state index contributed by atoms with van der Waals surface area (Å²) in [5, 5.41) is 0. The van der Waals surface area contributed by atoms with Gasteiger partial charge in [-0.2, -0.15) is 11.8 Å².